The second-order valence-electron chi connectivity index (χ2n) is 4.47. The third-order valence-electron chi connectivity index (χ3n) is 3.18. The molecule has 84 valence electrons. The Morgan fingerprint density at radius 2 is 2.00 bits per heavy atom. The molecule has 0 radical (unpaired) electrons. The van der Waals surface area contributed by atoms with Crippen LogP contribution in [0.1, 0.15) is 51.9 Å². The van der Waals surface area contributed by atoms with Crippen LogP contribution in [0.4, 0.5) is 0 Å². The van der Waals surface area contributed by atoms with Gasteiger partial charge in [0, 0.05) is 5.38 Å². The predicted octanol–water partition coefficient (Wildman–Crippen LogP) is 3.56. The maximum absolute atomic E-state index is 6.28. The van der Waals surface area contributed by atoms with E-state index in [0.29, 0.717) is 5.38 Å². The van der Waals surface area contributed by atoms with Crippen molar-refractivity contribution in [3.8, 4) is 0 Å². The van der Waals surface area contributed by atoms with Gasteiger partial charge in [0.25, 0.3) is 0 Å². The van der Waals surface area contributed by atoms with Gasteiger partial charge in [0.05, 0.1) is 0 Å². The zero-order valence-corrected chi connectivity index (χ0v) is 10.2. The highest BCUT2D eigenvalue weighted by molar-refractivity contribution is 6.20. The highest BCUT2D eigenvalue weighted by Crippen LogP contribution is 2.27. The Kier molecular flexibility index (Phi) is 6.63. The summed E-state index contributed by atoms with van der Waals surface area (Å²) < 4.78 is 0. The van der Waals surface area contributed by atoms with Gasteiger partial charge in [0.2, 0.25) is 0 Å². The summed E-state index contributed by atoms with van der Waals surface area (Å²) in [5.41, 5.74) is 0. The van der Waals surface area contributed by atoms with Crippen LogP contribution in [0.3, 0.4) is 0 Å². The van der Waals surface area contributed by atoms with E-state index in [1.807, 2.05) is 0 Å². The molecule has 2 heteroatoms. The molecule has 14 heavy (non-hydrogen) atoms. The van der Waals surface area contributed by atoms with Crippen LogP contribution in [-0.2, 0) is 0 Å². The molecule has 2 atom stereocenters. The quantitative estimate of drug-likeness (QED) is 0.530. The molecule has 0 saturated heterocycles. The Hall–Kier alpha value is 0.250. The van der Waals surface area contributed by atoms with Gasteiger partial charge in [-0.2, -0.15) is 0 Å². The van der Waals surface area contributed by atoms with E-state index in [4.69, 9.17) is 11.6 Å². The van der Waals surface area contributed by atoms with Gasteiger partial charge < -0.3 is 5.32 Å². The molecule has 0 bridgehead atoms. The van der Waals surface area contributed by atoms with Crippen molar-refractivity contribution in [2.45, 2.75) is 57.2 Å². The molecule has 1 N–H and O–H groups in total. The maximum atomic E-state index is 6.28. The van der Waals surface area contributed by atoms with E-state index in [2.05, 4.69) is 12.2 Å². The summed E-state index contributed by atoms with van der Waals surface area (Å²) in [5, 5.41) is 3.97. The van der Waals surface area contributed by atoms with Gasteiger partial charge in [-0.3, -0.25) is 0 Å². The lowest BCUT2D eigenvalue weighted by Crippen LogP contribution is -2.31. The van der Waals surface area contributed by atoms with Crippen molar-refractivity contribution in [3.05, 3.63) is 0 Å². The lowest BCUT2D eigenvalue weighted by molar-refractivity contribution is 0.348. The minimum atomic E-state index is 0.433. The molecular formula is C12H24ClN. The topological polar surface area (TPSA) is 12.0 Å². The third-order valence-corrected chi connectivity index (χ3v) is 3.75. The van der Waals surface area contributed by atoms with Crippen LogP contribution < -0.4 is 5.32 Å². The van der Waals surface area contributed by atoms with Gasteiger partial charge in [-0.05, 0) is 38.3 Å². The van der Waals surface area contributed by atoms with E-state index in [1.54, 1.807) is 0 Å². The van der Waals surface area contributed by atoms with Gasteiger partial charge in [-0.25, -0.2) is 0 Å². The third kappa shape index (κ3) is 4.65. The van der Waals surface area contributed by atoms with Crippen molar-refractivity contribution in [3.63, 3.8) is 0 Å². The lowest BCUT2D eigenvalue weighted by Gasteiger charge is -2.27. The first-order valence-corrected chi connectivity index (χ1v) is 6.63. The fourth-order valence-electron chi connectivity index (χ4n) is 2.18. The molecule has 0 aromatic heterocycles. The number of hydrogen-bond donors (Lipinski definition) is 1. The highest BCUT2D eigenvalue weighted by Gasteiger charge is 2.22. The van der Waals surface area contributed by atoms with Crippen LogP contribution >= 0.6 is 11.6 Å². The van der Waals surface area contributed by atoms with Crippen molar-refractivity contribution in [2.24, 2.45) is 5.92 Å². The summed E-state index contributed by atoms with van der Waals surface area (Å²) in [7, 11) is 0. The van der Waals surface area contributed by atoms with E-state index < -0.39 is 0 Å². The van der Waals surface area contributed by atoms with Crippen molar-refractivity contribution in [1.82, 2.24) is 5.32 Å². The fraction of sp³-hybridized carbons (Fsp3) is 1.00. The molecule has 0 aromatic rings. The van der Waals surface area contributed by atoms with Crippen LogP contribution in [0, 0.1) is 5.92 Å². The number of nitrogens with one attached hydrogen (secondary N) is 1. The Labute approximate surface area is 93.6 Å². The summed E-state index contributed by atoms with van der Waals surface area (Å²) in [4.78, 5) is 0. The molecule has 1 saturated carbocycles. The van der Waals surface area contributed by atoms with Gasteiger partial charge in [0.15, 0.2) is 0 Å². The van der Waals surface area contributed by atoms with E-state index in [0.717, 1.165) is 12.5 Å². The van der Waals surface area contributed by atoms with Crippen molar-refractivity contribution < 1.29 is 0 Å². The number of halogens is 1. The summed E-state index contributed by atoms with van der Waals surface area (Å²) in [6, 6.07) is 0. The Morgan fingerprint density at radius 3 is 2.71 bits per heavy atom. The monoisotopic (exact) mass is 217 g/mol. The smallest absolute Gasteiger partial charge is 0.0376 e. The van der Waals surface area contributed by atoms with E-state index in [-0.39, 0.29) is 0 Å². The number of rotatable bonds is 6. The molecule has 2 unspecified atom stereocenters. The van der Waals surface area contributed by atoms with Crippen LogP contribution in [0.2, 0.25) is 0 Å². The Balaban J connectivity index is 1.99. The average molecular weight is 218 g/mol. The molecule has 0 heterocycles. The molecular weight excluding hydrogens is 194 g/mol. The van der Waals surface area contributed by atoms with Crippen molar-refractivity contribution in [2.75, 3.05) is 13.1 Å². The minimum absolute atomic E-state index is 0.433. The molecule has 1 nitrogen and oxygen atoms in total. The number of unbranched alkanes of at least 4 members (excludes halogenated alkanes) is 2. The zero-order valence-electron chi connectivity index (χ0n) is 9.40. The first-order valence-electron chi connectivity index (χ1n) is 6.19. The molecule has 0 aliphatic heterocycles. The molecule has 0 aromatic carbocycles. The van der Waals surface area contributed by atoms with E-state index >= 15 is 0 Å². The van der Waals surface area contributed by atoms with E-state index in [9.17, 15) is 0 Å². The second-order valence-corrected chi connectivity index (χ2v) is 5.03. The molecule has 1 fully saturated rings. The van der Waals surface area contributed by atoms with Crippen LogP contribution in [0.25, 0.3) is 0 Å². The van der Waals surface area contributed by atoms with Gasteiger partial charge in [-0.15, -0.1) is 11.6 Å². The lowest BCUT2D eigenvalue weighted by atomic mass is 9.89. The van der Waals surface area contributed by atoms with E-state index in [1.165, 1.54) is 51.5 Å². The van der Waals surface area contributed by atoms with Crippen LogP contribution in [0.15, 0.2) is 0 Å². The van der Waals surface area contributed by atoms with Gasteiger partial charge >= 0.3 is 0 Å². The highest BCUT2D eigenvalue weighted by atomic mass is 35.5. The van der Waals surface area contributed by atoms with Crippen LogP contribution in [0.5, 0.6) is 0 Å². The summed E-state index contributed by atoms with van der Waals surface area (Å²) in [6.07, 6.45) is 9.24. The maximum Gasteiger partial charge on any atom is 0.0376 e. The molecule has 0 spiro atoms. The fourth-order valence-corrected chi connectivity index (χ4v) is 2.55. The first-order chi connectivity index (χ1) is 6.84. The molecule has 1 aliphatic carbocycles. The normalized spacial score (nSPS) is 27.9. The minimum Gasteiger partial charge on any atom is -0.316 e. The number of hydrogen-bond acceptors (Lipinski definition) is 1. The summed E-state index contributed by atoms with van der Waals surface area (Å²) in [5.74, 6) is 0.729. The van der Waals surface area contributed by atoms with Crippen molar-refractivity contribution >= 4 is 11.6 Å². The predicted molar refractivity (Wildman–Crippen MR) is 64.0 cm³/mol. The second kappa shape index (κ2) is 7.53. The molecule has 0 amide bonds. The summed E-state index contributed by atoms with van der Waals surface area (Å²) >= 11 is 6.28. The van der Waals surface area contributed by atoms with Gasteiger partial charge in [-0.1, -0.05) is 32.6 Å². The standard InChI is InChI=1S/C12H24ClN/c1-2-3-6-9-14-10-11-7-4-5-8-12(11)13/h11-12,14H,2-10H2,1H3. The average Bonchev–Trinajstić information content (AvgIpc) is 2.20. The number of alkyl halides is 1. The molecule has 1 rings (SSSR count). The summed E-state index contributed by atoms with van der Waals surface area (Å²) in [6.45, 7) is 4.56. The van der Waals surface area contributed by atoms with Crippen LogP contribution in [-0.4, -0.2) is 18.5 Å². The van der Waals surface area contributed by atoms with Gasteiger partial charge in [0.1, 0.15) is 0 Å². The van der Waals surface area contributed by atoms with Crippen molar-refractivity contribution in [1.29, 1.82) is 0 Å². The Morgan fingerprint density at radius 1 is 1.21 bits per heavy atom. The molecule has 1 aliphatic rings. The first kappa shape index (κ1) is 12.3. The SMILES string of the molecule is CCCCCNCC1CCCCC1Cl. The zero-order chi connectivity index (χ0) is 10.2. The largest absolute Gasteiger partial charge is 0.316 e. The Bertz CT molecular complexity index is 138.